The molecule has 0 spiro atoms. The molecule has 2 rings (SSSR count). The third kappa shape index (κ3) is 3.51. The number of hydrogen-bond donors (Lipinski definition) is 2. The highest BCUT2D eigenvalue weighted by molar-refractivity contribution is 7.98. The van der Waals surface area contributed by atoms with Gasteiger partial charge in [0.15, 0.2) is 0 Å². The molecule has 0 saturated heterocycles. The lowest BCUT2D eigenvalue weighted by molar-refractivity contribution is 0.102. The van der Waals surface area contributed by atoms with E-state index in [0.717, 1.165) is 17.1 Å². The molecule has 4 nitrogen and oxygen atoms in total. The quantitative estimate of drug-likeness (QED) is 0.827. The molecule has 0 fully saturated rings. The molecular weight excluding hydrogens is 270 g/mol. The normalized spacial score (nSPS) is 10.1. The summed E-state index contributed by atoms with van der Waals surface area (Å²) < 4.78 is 0. The largest absolute Gasteiger partial charge is 0.370 e. The Balaban J connectivity index is 2.19. The standard InChI is InChI=1S/C15H17N3OS/c1-3-16-14-13(8-5-9-17-14)15(19)18-11-6-4-7-12(10-11)20-2/h4-10H,3H2,1-2H3,(H,16,17)(H,18,19). The molecule has 2 aromatic rings. The van der Waals surface area contributed by atoms with Gasteiger partial charge in [-0.1, -0.05) is 6.07 Å². The average Bonchev–Trinajstić information content (AvgIpc) is 2.48. The van der Waals surface area contributed by atoms with Crippen LogP contribution in [0.2, 0.25) is 0 Å². The van der Waals surface area contributed by atoms with Crippen molar-refractivity contribution < 1.29 is 4.79 Å². The van der Waals surface area contributed by atoms with Crippen molar-refractivity contribution in [2.45, 2.75) is 11.8 Å². The summed E-state index contributed by atoms with van der Waals surface area (Å²) in [7, 11) is 0. The van der Waals surface area contributed by atoms with Crippen molar-refractivity contribution in [1.29, 1.82) is 0 Å². The van der Waals surface area contributed by atoms with E-state index in [2.05, 4.69) is 15.6 Å². The molecule has 1 amide bonds. The summed E-state index contributed by atoms with van der Waals surface area (Å²) in [5.41, 5.74) is 1.33. The first-order chi connectivity index (χ1) is 9.74. The van der Waals surface area contributed by atoms with Gasteiger partial charge in [-0.25, -0.2) is 4.98 Å². The minimum Gasteiger partial charge on any atom is -0.370 e. The fourth-order valence-corrected chi connectivity index (χ4v) is 2.26. The third-order valence-corrected chi connectivity index (χ3v) is 3.45. The molecule has 0 radical (unpaired) electrons. The number of rotatable bonds is 5. The predicted octanol–water partition coefficient (Wildman–Crippen LogP) is 3.49. The summed E-state index contributed by atoms with van der Waals surface area (Å²) in [6.07, 6.45) is 3.68. The van der Waals surface area contributed by atoms with Crippen LogP contribution in [0.25, 0.3) is 0 Å². The Hall–Kier alpha value is -2.01. The molecule has 1 aromatic heterocycles. The summed E-state index contributed by atoms with van der Waals surface area (Å²) in [6, 6.07) is 11.3. The van der Waals surface area contributed by atoms with E-state index < -0.39 is 0 Å². The topological polar surface area (TPSA) is 54.0 Å². The van der Waals surface area contributed by atoms with Crippen molar-refractivity contribution in [1.82, 2.24) is 4.98 Å². The van der Waals surface area contributed by atoms with Crippen LogP contribution in [0.5, 0.6) is 0 Å². The van der Waals surface area contributed by atoms with E-state index in [0.29, 0.717) is 11.4 Å². The number of carbonyl (C=O) groups is 1. The highest BCUT2D eigenvalue weighted by Crippen LogP contribution is 2.20. The highest BCUT2D eigenvalue weighted by Gasteiger charge is 2.11. The molecule has 0 atom stereocenters. The number of pyridine rings is 1. The zero-order valence-electron chi connectivity index (χ0n) is 11.5. The van der Waals surface area contributed by atoms with Crippen LogP contribution in [0.3, 0.4) is 0 Å². The minimum absolute atomic E-state index is 0.160. The van der Waals surface area contributed by atoms with Crippen LogP contribution in [-0.4, -0.2) is 23.7 Å². The van der Waals surface area contributed by atoms with E-state index in [4.69, 9.17) is 0 Å². The summed E-state index contributed by atoms with van der Waals surface area (Å²) >= 11 is 1.64. The lowest BCUT2D eigenvalue weighted by Gasteiger charge is -2.10. The van der Waals surface area contributed by atoms with Gasteiger partial charge < -0.3 is 10.6 Å². The lowest BCUT2D eigenvalue weighted by atomic mass is 10.2. The zero-order chi connectivity index (χ0) is 14.4. The number of anilines is 2. The molecular formula is C15H17N3OS. The maximum absolute atomic E-state index is 12.3. The Labute approximate surface area is 123 Å². The summed E-state index contributed by atoms with van der Waals surface area (Å²) in [6.45, 7) is 2.69. The highest BCUT2D eigenvalue weighted by atomic mass is 32.2. The minimum atomic E-state index is -0.160. The molecule has 0 saturated carbocycles. The Morgan fingerprint density at radius 1 is 1.30 bits per heavy atom. The molecule has 5 heteroatoms. The second-order valence-corrected chi connectivity index (χ2v) is 5.00. The second kappa shape index (κ2) is 6.96. The number of aromatic nitrogens is 1. The van der Waals surface area contributed by atoms with Crippen LogP contribution >= 0.6 is 11.8 Å². The molecule has 20 heavy (non-hydrogen) atoms. The number of nitrogens with zero attached hydrogens (tertiary/aromatic N) is 1. The van der Waals surface area contributed by atoms with E-state index >= 15 is 0 Å². The number of carbonyl (C=O) groups excluding carboxylic acids is 1. The second-order valence-electron chi connectivity index (χ2n) is 4.12. The number of nitrogens with one attached hydrogen (secondary N) is 2. The van der Waals surface area contributed by atoms with Crippen molar-refractivity contribution in [3.05, 3.63) is 48.2 Å². The van der Waals surface area contributed by atoms with E-state index in [-0.39, 0.29) is 5.91 Å². The van der Waals surface area contributed by atoms with Gasteiger partial charge in [0, 0.05) is 23.3 Å². The van der Waals surface area contributed by atoms with Crippen LogP contribution in [-0.2, 0) is 0 Å². The van der Waals surface area contributed by atoms with Gasteiger partial charge in [0.2, 0.25) is 0 Å². The molecule has 0 aliphatic heterocycles. The first-order valence-corrected chi connectivity index (χ1v) is 7.61. The Kier molecular flexibility index (Phi) is 5.01. The van der Waals surface area contributed by atoms with Crippen LogP contribution in [0.4, 0.5) is 11.5 Å². The maximum Gasteiger partial charge on any atom is 0.259 e. The van der Waals surface area contributed by atoms with E-state index in [1.807, 2.05) is 37.4 Å². The van der Waals surface area contributed by atoms with Crippen molar-refractivity contribution in [3.63, 3.8) is 0 Å². The number of amides is 1. The fourth-order valence-electron chi connectivity index (χ4n) is 1.80. The van der Waals surface area contributed by atoms with Crippen molar-refractivity contribution in [2.75, 3.05) is 23.4 Å². The van der Waals surface area contributed by atoms with Crippen LogP contribution in [0.15, 0.2) is 47.5 Å². The van der Waals surface area contributed by atoms with Gasteiger partial charge in [-0.3, -0.25) is 4.79 Å². The average molecular weight is 287 g/mol. The van der Waals surface area contributed by atoms with E-state index in [1.165, 1.54) is 0 Å². The molecule has 1 aromatic carbocycles. The van der Waals surface area contributed by atoms with Gasteiger partial charge in [0.1, 0.15) is 5.82 Å². The zero-order valence-corrected chi connectivity index (χ0v) is 12.3. The van der Waals surface area contributed by atoms with Gasteiger partial charge in [0.05, 0.1) is 5.56 Å². The van der Waals surface area contributed by atoms with Crippen LogP contribution < -0.4 is 10.6 Å². The Morgan fingerprint density at radius 2 is 2.15 bits per heavy atom. The third-order valence-electron chi connectivity index (χ3n) is 2.72. The number of hydrogen-bond acceptors (Lipinski definition) is 4. The Morgan fingerprint density at radius 3 is 2.90 bits per heavy atom. The van der Waals surface area contributed by atoms with Crippen molar-refractivity contribution in [3.8, 4) is 0 Å². The van der Waals surface area contributed by atoms with Crippen molar-refractivity contribution >= 4 is 29.2 Å². The molecule has 104 valence electrons. The number of benzene rings is 1. The van der Waals surface area contributed by atoms with Gasteiger partial charge in [0.25, 0.3) is 5.91 Å². The van der Waals surface area contributed by atoms with Gasteiger partial charge in [-0.15, -0.1) is 11.8 Å². The molecule has 0 unspecified atom stereocenters. The first kappa shape index (κ1) is 14.4. The van der Waals surface area contributed by atoms with Gasteiger partial charge in [-0.05, 0) is 43.5 Å². The van der Waals surface area contributed by atoms with Crippen LogP contribution in [0.1, 0.15) is 17.3 Å². The number of thioether (sulfide) groups is 1. The molecule has 0 bridgehead atoms. The molecule has 0 aliphatic rings. The lowest BCUT2D eigenvalue weighted by Crippen LogP contribution is -2.15. The first-order valence-electron chi connectivity index (χ1n) is 6.39. The fraction of sp³-hybridized carbons (Fsp3) is 0.200. The summed E-state index contributed by atoms with van der Waals surface area (Å²) in [5.74, 6) is 0.445. The SMILES string of the molecule is CCNc1ncccc1C(=O)Nc1cccc(SC)c1. The van der Waals surface area contributed by atoms with Crippen molar-refractivity contribution in [2.24, 2.45) is 0 Å². The van der Waals surface area contributed by atoms with Gasteiger partial charge in [-0.2, -0.15) is 0 Å². The molecule has 2 N–H and O–H groups in total. The molecule has 1 heterocycles. The van der Waals surface area contributed by atoms with Crippen LogP contribution in [0, 0.1) is 0 Å². The summed E-state index contributed by atoms with van der Waals surface area (Å²) in [5, 5.41) is 5.99. The van der Waals surface area contributed by atoms with E-state index in [1.54, 1.807) is 30.1 Å². The van der Waals surface area contributed by atoms with Gasteiger partial charge >= 0.3 is 0 Å². The van der Waals surface area contributed by atoms with E-state index in [9.17, 15) is 4.79 Å². The Bertz CT molecular complexity index is 601. The predicted molar refractivity (Wildman–Crippen MR) is 84.6 cm³/mol. The molecule has 0 aliphatic carbocycles. The maximum atomic E-state index is 12.3. The monoisotopic (exact) mass is 287 g/mol. The smallest absolute Gasteiger partial charge is 0.259 e. The summed E-state index contributed by atoms with van der Waals surface area (Å²) in [4.78, 5) is 17.6.